The van der Waals surface area contributed by atoms with Crippen LogP contribution in [-0.4, -0.2) is 38.4 Å². The average molecular weight is 302 g/mol. The van der Waals surface area contributed by atoms with Gasteiger partial charge in [-0.2, -0.15) is 0 Å². The number of esters is 2. The van der Waals surface area contributed by atoms with Crippen molar-refractivity contribution in [1.29, 1.82) is 0 Å². The molecule has 1 atom stereocenters. The quantitative estimate of drug-likeness (QED) is 0.386. The Morgan fingerprint density at radius 3 is 2.19 bits per heavy atom. The van der Waals surface area contributed by atoms with Crippen molar-refractivity contribution < 1.29 is 23.8 Å². The minimum atomic E-state index is -0.385. The lowest BCUT2D eigenvalue weighted by Gasteiger charge is -2.14. The molecule has 0 rings (SSSR count). The highest BCUT2D eigenvalue weighted by atomic mass is 16.6. The zero-order valence-electron chi connectivity index (χ0n) is 13.7. The number of ether oxygens (including phenoxy) is 3. The molecule has 0 saturated carbocycles. The number of rotatable bonds is 13. The van der Waals surface area contributed by atoms with Crippen LogP contribution in [0.1, 0.15) is 59.3 Å². The standard InChI is InChI=1S/C16H30O5/c1-4-7-8-14(5-2)13-21-16(18)10-9-15(17)20-12-11-19-6-3/h14H,4-13H2,1-3H3. The van der Waals surface area contributed by atoms with Crippen molar-refractivity contribution in [1.82, 2.24) is 0 Å². The highest BCUT2D eigenvalue weighted by Gasteiger charge is 2.12. The molecule has 0 bridgehead atoms. The fourth-order valence-corrected chi connectivity index (χ4v) is 1.82. The minimum Gasteiger partial charge on any atom is -0.465 e. The molecule has 0 amide bonds. The Morgan fingerprint density at radius 1 is 0.952 bits per heavy atom. The van der Waals surface area contributed by atoms with E-state index in [0.29, 0.717) is 25.7 Å². The summed E-state index contributed by atoms with van der Waals surface area (Å²) in [6, 6.07) is 0. The first-order valence-corrected chi connectivity index (χ1v) is 8.02. The van der Waals surface area contributed by atoms with Gasteiger partial charge in [0, 0.05) is 6.61 Å². The van der Waals surface area contributed by atoms with Crippen molar-refractivity contribution >= 4 is 11.9 Å². The molecular weight excluding hydrogens is 272 g/mol. The van der Waals surface area contributed by atoms with Gasteiger partial charge in [-0.1, -0.05) is 33.1 Å². The molecule has 21 heavy (non-hydrogen) atoms. The molecule has 0 heterocycles. The van der Waals surface area contributed by atoms with E-state index in [1.54, 1.807) is 0 Å². The lowest BCUT2D eigenvalue weighted by atomic mass is 10.0. The van der Waals surface area contributed by atoms with Gasteiger partial charge in [0.2, 0.25) is 0 Å². The van der Waals surface area contributed by atoms with Gasteiger partial charge < -0.3 is 14.2 Å². The van der Waals surface area contributed by atoms with Gasteiger partial charge in [0.1, 0.15) is 6.61 Å². The van der Waals surface area contributed by atoms with Crippen LogP contribution in [0.15, 0.2) is 0 Å². The Balaban J connectivity index is 3.66. The number of hydrogen-bond donors (Lipinski definition) is 0. The fourth-order valence-electron chi connectivity index (χ4n) is 1.82. The van der Waals surface area contributed by atoms with Crippen molar-refractivity contribution in [2.45, 2.75) is 59.3 Å². The molecule has 0 saturated heterocycles. The third-order valence-electron chi connectivity index (χ3n) is 3.25. The van der Waals surface area contributed by atoms with E-state index < -0.39 is 0 Å². The Hall–Kier alpha value is -1.10. The van der Waals surface area contributed by atoms with Gasteiger partial charge in [0.05, 0.1) is 26.1 Å². The highest BCUT2D eigenvalue weighted by Crippen LogP contribution is 2.13. The van der Waals surface area contributed by atoms with Crippen molar-refractivity contribution in [3.8, 4) is 0 Å². The zero-order chi connectivity index (χ0) is 15.9. The maximum absolute atomic E-state index is 11.6. The summed E-state index contributed by atoms with van der Waals surface area (Å²) in [6.45, 7) is 7.80. The predicted octanol–water partition coefficient (Wildman–Crippen LogP) is 3.11. The molecule has 0 aliphatic heterocycles. The van der Waals surface area contributed by atoms with Gasteiger partial charge in [-0.05, 0) is 19.3 Å². The fraction of sp³-hybridized carbons (Fsp3) is 0.875. The van der Waals surface area contributed by atoms with E-state index in [1.165, 1.54) is 0 Å². The van der Waals surface area contributed by atoms with Crippen LogP contribution in [0.2, 0.25) is 0 Å². The second-order valence-corrected chi connectivity index (χ2v) is 5.02. The smallest absolute Gasteiger partial charge is 0.306 e. The largest absolute Gasteiger partial charge is 0.465 e. The van der Waals surface area contributed by atoms with Crippen LogP contribution >= 0.6 is 0 Å². The normalized spacial score (nSPS) is 12.0. The van der Waals surface area contributed by atoms with Crippen LogP contribution in [0.4, 0.5) is 0 Å². The molecule has 124 valence electrons. The summed E-state index contributed by atoms with van der Waals surface area (Å²) >= 11 is 0. The van der Waals surface area contributed by atoms with Crippen molar-refractivity contribution in [2.75, 3.05) is 26.4 Å². The molecule has 0 N–H and O–H groups in total. The molecule has 0 aromatic heterocycles. The summed E-state index contributed by atoms with van der Waals surface area (Å²) < 4.78 is 15.2. The van der Waals surface area contributed by atoms with E-state index in [4.69, 9.17) is 14.2 Å². The van der Waals surface area contributed by atoms with Crippen LogP contribution in [0, 0.1) is 5.92 Å². The van der Waals surface area contributed by atoms with Crippen molar-refractivity contribution in [2.24, 2.45) is 5.92 Å². The number of hydrogen-bond acceptors (Lipinski definition) is 5. The molecule has 5 nitrogen and oxygen atoms in total. The number of carbonyl (C=O) groups is 2. The van der Waals surface area contributed by atoms with E-state index in [1.807, 2.05) is 6.92 Å². The van der Waals surface area contributed by atoms with E-state index in [9.17, 15) is 9.59 Å². The summed E-state index contributed by atoms with van der Waals surface area (Å²) in [6.07, 6.45) is 4.54. The third kappa shape index (κ3) is 12.4. The lowest BCUT2D eigenvalue weighted by molar-refractivity contribution is -0.151. The molecule has 0 aliphatic carbocycles. The van der Waals surface area contributed by atoms with E-state index in [0.717, 1.165) is 25.7 Å². The van der Waals surface area contributed by atoms with E-state index in [2.05, 4.69) is 13.8 Å². The third-order valence-corrected chi connectivity index (χ3v) is 3.25. The molecule has 5 heteroatoms. The molecule has 1 unspecified atom stereocenters. The monoisotopic (exact) mass is 302 g/mol. The summed E-state index contributed by atoms with van der Waals surface area (Å²) in [5.74, 6) is -0.288. The highest BCUT2D eigenvalue weighted by molar-refractivity contribution is 5.77. The van der Waals surface area contributed by atoms with Crippen LogP contribution in [0.5, 0.6) is 0 Å². The average Bonchev–Trinajstić information content (AvgIpc) is 2.49. The van der Waals surface area contributed by atoms with E-state index >= 15 is 0 Å². The molecule has 0 aromatic carbocycles. The topological polar surface area (TPSA) is 61.8 Å². The molecule has 0 spiro atoms. The summed E-state index contributed by atoms with van der Waals surface area (Å²) in [7, 11) is 0. The molecule has 0 fully saturated rings. The SMILES string of the molecule is CCCCC(CC)COC(=O)CCC(=O)OCCOCC. The van der Waals surface area contributed by atoms with Crippen molar-refractivity contribution in [3.05, 3.63) is 0 Å². The van der Waals surface area contributed by atoms with E-state index in [-0.39, 0.29) is 31.4 Å². The first-order chi connectivity index (χ1) is 10.1. The lowest BCUT2D eigenvalue weighted by Crippen LogP contribution is -2.16. The summed E-state index contributed by atoms with van der Waals surface area (Å²) in [4.78, 5) is 22.9. The maximum Gasteiger partial charge on any atom is 0.306 e. The van der Waals surface area contributed by atoms with Crippen LogP contribution in [-0.2, 0) is 23.8 Å². The van der Waals surface area contributed by atoms with Gasteiger partial charge in [-0.25, -0.2) is 0 Å². The van der Waals surface area contributed by atoms with Gasteiger partial charge in [-0.3, -0.25) is 9.59 Å². The minimum absolute atomic E-state index is 0.0662. The van der Waals surface area contributed by atoms with Crippen LogP contribution in [0.3, 0.4) is 0 Å². The first kappa shape index (κ1) is 19.9. The number of carbonyl (C=O) groups excluding carboxylic acids is 2. The van der Waals surface area contributed by atoms with Gasteiger partial charge in [-0.15, -0.1) is 0 Å². The molecule has 0 radical (unpaired) electrons. The maximum atomic E-state index is 11.6. The number of unbranched alkanes of at least 4 members (excludes halogenated alkanes) is 1. The van der Waals surface area contributed by atoms with Gasteiger partial charge in [0.25, 0.3) is 0 Å². The molecule has 0 aliphatic rings. The van der Waals surface area contributed by atoms with Crippen LogP contribution in [0.25, 0.3) is 0 Å². The first-order valence-electron chi connectivity index (χ1n) is 8.02. The van der Waals surface area contributed by atoms with Crippen molar-refractivity contribution in [3.63, 3.8) is 0 Å². The Bertz CT molecular complexity index is 278. The molecular formula is C16H30O5. The second kappa shape index (κ2) is 13.9. The summed E-state index contributed by atoms with van der Waals surface area (Å²) in [5.41, 5.74) is 0. The van der Waals surface area contributed by atoms with Gasteiger partial charge in [0.15, 0.2) is 0 Å². The molecule has 0 aromatic rings. The predicted molar refractivity (Wildman–Crippen MR) is 81.0 cm³/mol. The Labute approximate surface area is 128 Å². The zero-order valence-corrected chi connectivity index (χ0v) is 13.7. The summed E-state index contributed by atoms with van der Waals surface area (Å²) in [5, 5.41) is 0. The van der Waals surface area contributed by atoms with Gasteiger partial charge >= 0.3 is 11.9 Å². The Kier molecular flexibility index (Phi) is 13.1. The Morgan fingerprint density at radius 2 is 1.62 bits per heavy atom. The second-order valence-electron chi connectivity index (χ2n) is 5.02. The van der Waals surface area contributed by atoms with Crippen LogP contribution < -0.4 is 0 Å².